The summed E-state index contributed by atoms with van der Waals surface area (Å²) in [6.07, 6.45) is 9.98. The number of allylic oxidation sites excluding steroid dienone is 1. The first-order valence-corrected chi connectivity index (χ1v) is 7.39. The number of nitrogens with one attached hydrogen (secondary N) is 1. The van der Waals surface area contributed by atoms with Crippen molar-refractivity contribution < 1.29 is 4.74 Å². The second kappa shape index (κ2) is 7.93. The molecule has 3 heteroatoms. The molecule has 1 rings (SSSR count). The van der Waals surface area contributed by atoms with Crippen molar-refractivity contribution in [2.24, 2.45) is 11.8 Å². The predicted molar refractivity (Wildman–Crippen MR) is 77.1 cm³/mol. The third kappa shape index (κ3) is 4.08. The fourth-order valence-corrected chi connectivity index (χ4v) is 3.10. The van der Waals surface area contributed by atoms with Crippen LogP contribution in [0.25, 0.3) is 0 Å². The Kier molecular flexibility index (Phi) is 6.90. The maximum absolute atomic E-state index is 6.13. The zero-order chi connectivity index (χ0) is 13.4. The van der Waals surface area contributed by atoms with Crippen LogP contribution in [0.3, 0.4) is 0 Å². The van der Waals surface area contributed by atoms with Crippen LogP contribution in [-0.2, 0) is 4.74 Å². The minimum absolute atomic E-state index is 0.0445. The number of hydrazine groups is 1. The second-order valence-corrected chi connectivity index (χ2v) is 5.62. The number of rotatable bonds is 8. The molecule has 1 saturated carbocycles. The molecule has 18 heavy (non-hydrogen) atoms. The van der Waals surface area contributed by atoms with Crippen molar-refractivity contribution in [2.45, 2.75) is 70.4 Å². The summed E-state index contributed by atoms with van der Waals surface area (Å²) in [5.74, 6) is 6.60. The largest absolute Gasteiger partial charge is 0.374 e. The van der Waals surface area contributed by atoms with Gasteiger partial charge >= 0.3 is 0 Å². The summed E-state index contributed by atoms with van der Waals surface area (Å²) >= 11 is 0. The van der Waals surface area contributed by atoms with Gasteiger partial charge < -0.3 is 4.74 Å². The standard InChI is InChI=1S/C15H30N2O/c1-4-6-7-8-14(17-16)15(18-5-2)11-9-13(3)10-12-15/h4,13-14,17H,1,5-12,16H2,2-3H3. The zero-order valence-electron chi connectivity index (χ0n) is 12.1. The number of nitrogens with two attached hydrogens (primary N) is 1. The molecule has 0 saturated heterocycles. The van der Waals surface area contributed by atoms with E-state index >= 15 is 0 Å². The molecule has 3 nitrogen and oxygen atoms in total. The van der Waals surface area contributed by atoms with Crippen molar-refractivity contribution in [3.05, 3.63) is 12.7 Å². The summed E-state index contributed by atoms with van der Waals surface area (Å²) in [4.78, 5) is 0. The molecule has 0 bridgehead atoms. The Labute approximate surface area is 112 Å². The molecule has 1 aliphatic carbocycles. The van der Waals surface area contributed by atoms with Gasteiger partial charge in [-0.25, -0.2) is 0 Å². The Balaban J connectivity index is 2.64. The van der Waals surface area contributed by atoms with Gasteiger partial charge in [0.2, 0.25) is 0 Å². The average Bonchev–Trinajstić information content (AvgIpc) is 2.38. The summed E-state index contributed by atoms with van der Waals surface area (Å²) in [5.41, 5.74) is 2.97. The highest BCUT2D eigenvalue weighted by molar-refractivity contribution is 4.96. The Morgan fingerprint density at radius 2 is 2.17 bits per heavy atom. The monoisotopic (exact) mass is 254 g/mol. The summed E-state index contributed by atoms with van der Waals surface area (Å²) in [6.45, 7) is 8.96. The molecule has 0 spiro atoms. The quantitative estimate of drug-likeness (QED) is 0.303. The zero-order valence-corrected chi connectivity index (χ0v) is 12.1. The van der Waals surface area contributed by atoms with Gasteiger partial charge in [0.1, 0.15) is 0 Å². The smallest absolute Gasteiger partial charge is 0.0848 e. The molecule has 0 aromatic carbocycles. The lowest BCUT2D eigenvalue weighted by atomic mass is 9.74. The van der Waals surface area contributed by atoms with Crippen molar-refractivity contribution in [2.75, 3.05) is 6.61 Å². The fourth-order valence-electron chi connectivity index (χ4n) is 3.10. The predicted octanol–water partition coefficient (Wildman–Crippen LogP) is 3.16. The second-order valence-electron chi connectivity index (χ2n) is 5.62. The van der Waals surface area contributed by atoms with Gasteiger partial charge in [-0.1, -0.05) is 13.0 Å². The van der Waals surface area contributed by atoms with Crippen LogP contribution in [0.15, 0.2) is 12.7 Å². The molecule has 1 atom stereocenters. The first kappa shape index (κ1) is 15.7. The van der Waals surface area contributed by atoms with E-state index in [0.29, 0.717) is 0 Å². The van der Waals surface area contributed by atoms with Gasteiger partial charge in [-0.05, 0) is 57.8 Å². The van der Waals surface area contributed by atoms with Crippen LogP contribution < -0.4 is 11.3 Å². The highest BCUT2D eigenvalue weighted by Crippen LogP contribution is 2.38. The molecule has 1 aliphatic rings. The van der Waals surface area contributed by atoms with E-state index in [-0.39, 0.29) is 11.6 Å². The third-order valence-corrected chi connectivity index (χ3v) is 4.29. The Morgan fingerprint density at radius 1 is 1.50 bits per heavy atom. The molecular formula is C15H30N2O. The lowest BCUT2D eigenvalue weighted by Gasteiger charge is -2.44. The first-order chi connectivity index (χ1) is 8.68. The number of unbranched alkanes of at least 4 members (excludes halogenated alkanes) is 1. The maximum Gasteiger partial charge on any atom is 0.0848 e. The fraction of sp³-hybridized carbons (Fsp3) is 0.867. The summed E-state index contributed by atoms with van der Waals surface area (Å²) in [7, 11) is 0. The Bertz CT molecular complexity index is 235. The summed E-state index contributed by atoms with van der Waals surface area (Å²) in [5, 5.41) is 0. The maximum atomic E-state index is 6.13. The van der Waals surface area contributed by atoms with Crippen LogP contribution in [0.4, 0.5) is 0 Å². The van der Waals surface area contributed by atoms with E-state index in [9.17, 15) is 0 Å². The van der Waals surface area contributed by atoms with E-state index in [4.69, 9.17) is 10.6 Å². The van der Waals surface area contributed by atoms with Crippen LogP contribution in [0.2, 0.25) is 0 Å². The van der Waals surface area contributed by atoms with Crippen LogP contribution in [-0.4, -0.2) is 18.2 Å². The van der Waals surface area contributed by atoms with Crippen molar-refractivity contribution in [3.63, 3.8) is 0 Å². The van der Waals surface area contributed by atoms with Gasteiger partial charge in [0.15, 0.2) is 0 Å². The van der Waals surface area contributed by atoms with Crippen molar-refractivity contribution >= 4 is 0 Å². The van der Waals surface area contributed by atoms with Gasteiger partial charge in [-0.15, -0.1) is 6.58 Å². The molecule has 0 radical (unpaired) electrons. The molecule has 0 aromatic heterocycles. The lowest BCUT2D eigenvalue weighted by Crippen LogP contribution is -2.56. The summed E-state index contributed by atoms with van der Waals surface area (Å²) < 4.78 is 6.13. The number of hydrogen-bond donors (Lipinski definition) is 2. The molecule has 106 valence electrons. The van der Waals surface area contributed by atoms with Gasteiger partial charge in [0.05, 0.1) is 11.6 Å². The van der Waals surface area contributed by atoms with E-state index in [1.54, 1.807) is 0 Å². The molecule has 0 aromatic rings. The van der Waals surface area contributed by atoms with Crippen LogP contribution in [0.1, 0.15) is 58.8 Å². The van der Waals surface area contributed by atoms with E-state index in [1.807, 2.05) is 6.08 Å². The van der Waals surface area contributed by atoms with Crippen molar-refractivity contribution in [1.82, 2.24) is 5.43 Å². The SMILES string of the molecule is C=CCCCC(NN)C1(OCC)CCC(C)CC1. The van der Waals surface area contributed by atoms with Crippen molar-refractivity contribution in [3.8, 4) is 0 Å². The normalized spacial score (nSPS) is 30.1. The highest BCUT2D eigenvalue weighted by atomic mass is 16.5. The van der Waals surface area contributed by atoms with Crippen LogP contribution in [0, 0.1) is 5.92 Å². The lowest BCUT2D eigenvalue weighted by molar-refractivity contribution is -0.0980. The molecule has 3 N–H and O–H groups in total. The highest BCUT2D eigenvalue weighted by Gasteiger charge is 2.41. The molecule has 0 amide bonds. The van der Waals surface area contributed by atoms with E-state index in [2.05, 4.69) is 25.9 Å². The molecule has 1 unspecified atom stereocenters. The molecular weight excluding hydrogens is 224 g/mol. The number of hydrogen-bond acceptors (Lipinski definition) is 3. The van der Waals surface area contributed by atoms with Gasteiger partial charge in [0.25, 0.3) is 0 Å². The van der Waals surface area contributed by atoms with E-state index < -0.39 is 0 Å². The molecule has 0 heterocycles. The van der Waals surface area contributed by atoms with E-state index in [1.165, 1.54) is 12.8 Å². The third-order valence-electron chi connectivity index (χ3n) is 4.29. The molecule has 0 aliphatic heterocycles. The number of ether oxygens (including phenoxy) is 1. The topological polar surface area (TPSA) is 47.3 Å². The van der Waals surface area contributed by atoms with Gasteiger partial charge in [0, 0.05) is 6.61 Å². The Hall–Kier alpha value is -0.380. The minimum Gasteiger partial charge on any atom is -0.374 e. The Morgan fingerprint density at radius 3 is 2.67 bits per heavy atom. The first-order valence-electron chi connectivity index (χ1n) is 7.39. The van der Waals surface area contributed by atoms with Crippen molar-refractivity contribution in [1.29, 1.82) is 0 Å². The average molecular weight is 254 g/mol. The van der Waals surface area contributed by atoms with E-state index in [0.717, 1.165) is 44.6 Å². The van der Waals surface area contributed by atoms with Gasteiger partial charge in [-0.3, -0.25) is 11.3 Å². The molecule has 1 fully saturated rings. The summed E-state index contributed by atoms with van der Waals surface area (Å²) in [6, 6.07) is 0.268. The minimum atomic E-state index is -0.0445. The van der Waals surface area contributed by atoms with Gasteiger partial charge in [-0.2, -0.15) is 0 Å². The van der Waals surface area contributed by atoms with Crippen LogP contribution in [0.5, 0.6) is 0 Å². The van der Waals surface area contributed by atoms with Crippen LogP contribution >= 0.6 is 0 Å².